The Kier molecular flexibility index (Phi) is 4.63. The van der Waals surface area contributed by atoms with E-state index in [0.717, 1.165) is 31.6 Å². The zero-order chi connectivity index (χ0) is 18.3. The van der Waals surface area contributed by atoms with Crippen LogP contribution in [0.4, 0.5) is 5.95 Å². The molecule has 2 aliphatic rings. The molecule has 2 aromatic rings. The number of carbonyl (C=O) groups excluding carboxylic acids is 1. The molecule has 1 N–H and O–H groups in total. The number of aromatic amines is 1. The number of anilines is 1. The summed E-state index contributed by atoms with van der Waals surface area (Å²) in [7, 11) is 0. The van der Waals surface area contributed by atoms with Gasteiger partial charge in [0.15, 0.2) is 0 Å². The van der Waals surface area contributed by atoms with Gasteiger partial charge in [0.2, 0.25) is 5.95 Å². The van der Waals surface area contributed by atoms with Gasteiger partial charge < -0.3 is 9.80 Å². The summed E-state index contributed by atoms with van der Waals surface area (Å²) in [5.41, 5.74) is 1.59. The third-order valence-corrected chi connectivity index (χ3v) is 5.29. The summed E-state index contributed by atoms with van der Waals surface area (Å²) in [5, 5.41) is 0.820. The largest absolute Gasteiger partial charge is 0.342 e. The molecule has 1 fully saturated rings. The lowest BCUT2D eigenvalue weighted by atomic mass is 10.1. The summed E-state index contributed by atoms with van der Waals surface area (Å²) in [4.78, 5) is 36.6. The van der Waals surface area contributed by atoms with E-state index in [9.17, 15) is 9.59 Å². The maximum atomic E-state index is 12.8. The zero-order valence-electron chi connectivity index (χ0n) is 14.1. The zero-order valence-corrected chi connectivity index (χ0v) is 15.6. The number of aromatic nitrogens is 2. The standard InChI is InChI=1S/C18H18Cl2N4O2/c19-12-7-11(8-13(20)9-12)17(26)24-6-3-15-14(10-24)16(25)22-18(21-15)23-4-1-2-5-23/h7-9H,1-6,10H2,(H,21,22,25). The first-order chi connectivity index (χ1) is 12.5. The molecule has 6 nitrogen and oxygen atoms in total. The molecule has 0 bridgehead atoms. The van der Waals surface area contributed by atoms with Gasteiger partial charge in [-0.2, -0.15) is 0 Å². The average Bonchev–Trinajstić information content (AvgIpc) is 3.14. The van der Waals surface area contributed by atoms with Crippen LogP contribution in [0, 0.1) is 0 Å². The van der Waals surface area contributed by atoms with Gasteiger partial charge in [-0.1, -0.05) is 23.2 Å². The third-order valence-electron chi connectivity index (χ3n) is 4.86. The molecule has 2 aliphatic heterocycles. The van der Waals surface area contributed by atoms with Crippen molar-refractivity contribution in [1.29, 1.82) is 0 Å². The van der Waals surface area contributed by atoms with Crippen molar-refractivity contribution in [3.8, 4) is 0 Å². The Morgan fingerprint density at radius 3 is 2.46 bits per heavy atom. The van der Waals surface area contributed by atoms with Crippen molar-refractivity contribution >= 4 is 35.1 Å². The van der Waals surface area contributed by atoms with Crippen LogP contribution in [0.25, 0.3) is 0 Å². The second-order valence-electron chi connectivity index (χ2n) is 6.64. The van der Waals surface area contributed by atoms with Crippen LogP contribution >= 0.6 is 23.2 Å². The van der Waals surface area contributed by atoms with Crippen LogP contribution in [0.3, 0.4) is 0 Å². The Labute approximate surface area is 160 Å². The number of rotatable bonds is 2. The Bertz CT molecular complexity index is 902. The lowest BCUT2D eigenvalue weighted by molar-refractivity contribution is 0.0732. The van der Waals surface area contributed by atoms with E-state index in [0.29, 0.717) is 40.1 Å². The molecule has 0 radical (unpaired) electrons. The monoisotopic (exact) mass is 392 g/mol. The number of nitrogens with zero attached hydrogens (tertiary/aromatic N) is 3. The summed E-state index contributed by atoms with van der Waals surface area (Å²) < 4.78 is 0. The quantitative estimate of drug-likeness (QED) is 0.852. The van der Waals surface area contributed by atoms with E-state index in [4.69, 9.17) is 23.2 Å². The van der Waals surface area contributed by atoms with Crippen molar-refractivity contribution in [2.24, 2.45) is 0 Å². The average molecular weight is 393 g/mol. The summed E-state index contributed by atoms with van der Waals surface area (Å²) in [5.74, 6) is 0.454. The van der Waals surface area contributed by atoms with Gasteiger partial charge in [0.05, 0.1) is 17.8 Å². The van der Waals surface area contributed by atoms with Gasteiger partial charge in [-0.3, -0.25) is 14.6 Å². The van der Waals surface area contributed by atoms with Crippen molar-refractivity contribution < 1.29 is 4.79 Å². The number of hydrogen-bond donors (Lipinski definition) is 1. The Morgan fingerprint density at radius 2 is 1.77 bits per heavy atom. The van der Waals surface area contributed by atoms with Crippen LogP contribution in [0.5, 0.6) is 0 Å². The minimum atomic E-state index is -0.192. The molecule has 0 unspecified atom stereocenters. The molecular weight excluding hydrogens is 375 g/mol. The fourth-order valence-electron chi connectivity index (χ4n) is 3.52. The highest BCUT2D eigenvalue weighted by Gasteiger charge is 2.27. The SMILES string of the molecule is O=C(c1cc(Cl)cc(Cl)c1)N1CCc2nc(N3CCCC3)[nH]c(=O)c2C1. The lowest BCUT2D eigenvalue weighted by Crippen LogP contribution is -2.40. The van der Waals surface area contributed by atoms with Gasteiger partial charge in [0.1, 0.15) is 0 Å². The number of halogens is 2. The predicted octanol–water partition coefficient (Wildman–Crippen LogP) is 2.88. The fourth-order valence-corrected chi connectivity index (χ4v) is 4.05. The lowest BCUT2D eigenvalue weighted by Gasteiger charge is -2.28. The molecule has 1 aromatic carbocycles. The van der Waals surface area contributed by atoms with E-state index in [1.165, 1.54) is 0 Å². The number of H-pyrrole nitrogens is 1. The Hall–Kier alpha value is -2.05. The highest BCUT2D eigenvalue weighted by molar-refractivity contribution is 6.35. The normalized spacial score (nSPS) is 16.7. The summed E-state index contributed by atoms with van der Waals surface area (Å²) in [6, 6.07) is 4.76. The number of carbonyl (C=O) groups is 1. The minimum Gasteiger partial charge on any atom is -0.342 e. The first kappa shape index (κ1) is 17.4. The van der Waals surface area contributed by atoms with Gasteiger partial charge in [0, 0.05) is 41.7 Å². The second kappa shape index (κ2) is 6.93. The van der Waals surface area contributed by atoms with Crippen LogP contribution in [-0.2, 0) is 13.0 Å². The van der Waals surface area contributed by atoms with Crippen molar-refractivity contribution in [2.75, 3.05) is 24.5 Å². The molecule has 0 saturated carbocycles. The molecule has 26 heavy (non-hydrogen) atoms. The Balaban J connectivity index is 1.59. The molecule has 3 heterocycles. The van der Waals surface area contributed by atoms with E-state index in [1.807, 2.05) is 0 Å². The topological polar surface area (TPSA) is 69.3 Å². The van der Waals surface area contributed by atoms with E-state index in [2.05, 4.69) is 14.9 Å². The molecule has 1 saturated heterocycles. The highest BCUT2D eigenvalue weighted by Crippen LogP contribution is 2.23. The third kappa shape index (κ3) is 3.31. The summed E-state index contributed by atoms with van der Waals surface area (Å²) >= 11 is 12.0. The molecule has 8 heteroatoms. The van der Waals surface area contributed by atoms with E-state index < -0.39 is 0 Å². The first-order valence-corrected chi connectivity index (χ1v) is 9.39. The molecule has 1 amide bonds. The van der Waals surface area contributed by atoms with Gasteiger partial charge in [0.25, 0.3) is 11.5 Å². The first-order valence-electron chi connectivity index (χ1n) is 8.63. The predicted molar refractivity (Wildman–Crippen MR) is 101 cm³/mol. The molecule has 136 valence electrons. The van der Waals surface area contributed by atoms with Crippen molar-refractivity contribution in [3.63, 3.8) is 0 Å². The number of amides is 1. The smallest absolute Gasteiger partial charge is 0.257 e. The molecule has 0 spiro atoms. The van der Waals surface area contributed by atoms with E-state index in [1.54, 1.807) is 23.1 Å². The molecule has 0 atom stereocenters. The number of benzene rings is 1. The van der Waals surface area contributed by atoms with Crippen LogP contribution in [0.1, 0.15) is 34.5 Å². The summed E-state index contributed by atoms with van der Waals surface area (Å²) in [6.45, 7) is 2.58. The highest BCUT2D eigenvalue weighted by atomic mass is 35.5. The van der Waals surface area contributed by atoms with E-state index in [-0.39, 0.29) is 18.0 Å². The van der Waals surface area contributed by atoms with E-state index >= 15 is 0 Å². The summed E-state index contributed by atoms with van der Waals surface area (Å²) in [6.07, 6.45) is 2.79. The molecular formula is C18H18Cl2N4O2. The maximum Gasteiger partial charge on any atom is 0.257 e. The maximum absolute atomic E-state index is 12.8. The Morgan fingerprint density at radius 1 is 1.08 bits per heavy atom. The van der Waals surface area contributed by atoms with Gasteiger partial charge in [-0.05, 0) is 31.0 Å². The molecule has 1 aromatic heterocycles. The van der Waals surface area contributed by atoms with Crippen molar-refractivity contribution in [3.05, 3.63) is 55.4 Å². The van der Waals surface area contributed by atoms with Gasteiger partial charge in [-0.15, -0.1) is 0 Å². The van der Waals surface area contributed by atoms with Crippen LogP contribution < -0.4 is 10.5 Å². The molecule has 0 aliphatic carbocycles. The minimum absolute atomic E-state index is 0.168. The fraction of sp³-hybridized carbons (Fsp3) is 0.389. The van der Waals surface area contributed by atoms with Crippen molar-refractivity contribution in [1.82, 2.24) is 14.9 Å². The number of nitrogens with one attached hydrogen (secondary N) is 1. The van der Waals surface area contributed by atoms with Crippen LogP contribution in [0.2, 0.25) is 10.0 Å². The van der Waals surface area contributed by atoms with Crippen LogP contribution in [0.15, 0.2) is 23.0 Å². The number of fused-ring (bicyclic) bond motifs is 1. The van der Waals surface area contributed by atoms with Crippen molar-refractivity contribution in [2.45, 2.75) is 25.8 Å². The van der Waals surface area contributed by atoms with Gasteiger partial charge in [-0.25, -0.2) is 4.98 Å². The molecule has 4 rings (SSSR count). The van der Waals surface area contributed by atoms with Crippen LogP contribution in [-0.4, -0.2) is 40.4 Å². The number of hydrogen-bond acceptors (Lipinski definition) is 4. The second-order valence-corrected chi connectivity index (χ2v) is 7.52. The van der Waals surface area contributed by atoms with Gasteiger partial charge >= 0.3 is 0 Å².